The Balaban J connectivity index is 1.69. The van der Waals surface area contributed by atoms with Crippen LogP contribution < -0.4 is 15.8 Å². The molecule has 3 aromatic carbocycles. The Kier molecular flexibility index (Phi) is 4.85. The lowest BCUT2D eigenvalue weighted by Crippen LogP contribution is -2.13. The van der Waals surface area contributed by atoms with Gasteiger partial charge in [-0.2, -0.15) is 0 Å². The Morgan fingerprint density at radius 1 is 1.07 bits per heavy atom. The van der Waals surface area contributed by atoms with Crippen LogP contribution in [0.15, 0.2) is 66.7 Å². The Morgan fingerprint density at radius 3 is 2.54 bits per heavy atom. The van der Waals surface area contributed by atoms with Crippen molar-refractivity contribution in [3.05, 3.63) is 75.6 Å². The molecule has 0 radical (unpaired) electrons. The van der Waals surface area contributed by atoms with Gasteiger partial charge in [0.15, 0.2) is 3.95 Å². The predicted molar refractivity (Wildman–Crippen MR) is 117 cm³/mol. The Labute approximate surface area is 171 Å². The second-order valence-electron chi connectivity index (χ2n) is 6.10. The van der Waals surface area contributed by atoms with Gasteiger partial charge in [0, 0.05) is 16.8 Å². The predicted octanol–water partition coefficient (Wildman–Crippen LogP) is 5.26. The summed E-state index contributed by atoms with van der Waals surface area (Å²) in [5.41, 5.74) is 7.80. The summed E-state index contributed by atoms with van der Waals surface area (Å²) in [5, 5.41) is 4.98. The van der Waals surface area contributed by atoms with Gasteiger partial charge in [-0.1, -0.05) is 47.7 Å². The first kappa shape index (κ1) is 18.2. The van der Waals surface area contributed by atoms with Gasteiger partial charge in [0.25, 0.3) is 5.91 Å². The molecular weight excluding hydrogens is 390 g/mol. The van der Waals surface area contributed by atoms with E-state index in [0.717, 1.165) is 27.9 Å². The van der Waals surface area contributed by atoms with Crippen LogP contribution in [0.4, 0.5) is 11.5 Å². The summed E-state index contributed by atoms with van der Waals surface area (Å²) in [4.78, 5) is 13.3. The zero-order valence-corrected chi connectivity index (χ0v) is 16.6. The molecule has 0 aliphatic carbocycles. The van der Waals surface area contributed by atoms with Crippen LogP contribution in [0, 0.1) is 3.95 Å². The smallest absolute Gasteiger partial charge is 0.269 e. The maximum absolute atomic E-state index is 12.9. The first-order chi connectivity index (χ1) is 13.6. The highest BCUT2D eigenvalue weighted by Crippen LogP contribution is 2.29. The first-order valence-corrected chi connectivity index (χ1v) is 9.76. The highest BCUT2D eigenvalue weighted by molar-refractivity contribution is 7.73. The van der Waals surface area contributed by atoms with Crippen LogP contribution in [-0.2, 0) is 0 Å². The summed E-state index contributed by atoms with van der Waals surface area (Å²) < 4.78 is 7.38. The minimum atomic E-state index is -0.280. The average Bonchev–Trinajstić information content (AvgIpc) is 3.02. The standard InChI is InChI=1S/C21H17N3O2S2/c1-26-15-11-9-14(10-12-15)24-19(22)18(28-21(24)27)20(25)23-17-8-4-6-13-5-2-3-7-16(13)17/h2-12H,22H2,1H3,(H,23,25). The van der Waals surface area contributed by atoms with Crippen molar-refractivity contribution in [1.29, 1.82) is 0 Å². The molecule has 3 N–H and O–H groups in total. The lowest BCUT2D eigenvalue weighted by atomic mass is 10.1. The van der Waals surface area contributed by atoms with Crippen LogP contribution >= 0.6 is 23.6 Å². The fourth-order valence-electron chi connectivity index (χ4n) is 3.04. The Bertz CT molecular complexity index is 1220. The van der Waals surface area contributed by atoms with Crippen LogP contribution in [0.2, 0.25) is 0 Å². The minimum absolute atomic E-state index is 0.280. The number of methoxy groups -OCH3 is 1. The van der Waals surface area contributed by atoms with Crippen molar-refractivity contribution >= 4 is 51.7 Å². The second kappa shape index (κ2) is 7.46. The average molecular weight is 408 g/mol. The van der Waals surface area contributed by atoms with E-state index in [1.807, 2.05) is 66.7 Å². The van der Waals surface area contributed by atoms with Crippen molar-refractivity contribution < 1.29 is 9.53 Å². The van der Waals surface area contributed by atoms with Gasteiger partial charge in [0.2, 0.25) is 0 Å². The van der Waals surface area contributed by atoms with Crippen molar-refractivity contribution in [2.75, 3.05) is 18.2 Å². The number of fused-ring (bicyclic) bond motifs is 1. The number of rotatable bonds is 4. The summed E-state index contributed by atoms with van der Waals surface area (Å²) in [6, 6.07) is 21.0. The van der Waals surface area contributed by atoms with E-state index in [2.05, 4.69) is 5.32 Å². The fourth-order valence-corrected chi connectivity index (χ4v) is 4.30. The maximum atomic E-state index is 12.9. The summed E-state index contributed by atoms with van der Waals surface area (Å²) in [7, 11) is 1.61. The Morgan fingerprint density at radius 2 is 1.79 bits per heavy atom. The number of aromatic nitrogens is 1. The largest absolute Gasteiger partial charge is 0.497 e. The summed E-state index contributed by atoms with van der Waals surface area (Å²) >= 11 is 6.64. The second-order valence-corrected chi connectivity index (χ2v) is 7.74. The molecule has 7 heteroatoms. The van der Waals surface area contributed by atoms with Crippen molar-refractivity contribution in [3.63, 3.8) is 0 Å². The molecule has 4 aromatic rings. The van der Waals surface area contributed by atoms with Gasteiger partial charge in [-0.15, -0.1) is 0 Å². The molecule has 0 atom stereocenters. The SMILES string of the molecule is COc1ccc(-n2c(N)c(C(=O)Nc3cccc4ccccc34)sc2=S)cc1. The van der Waals surface area contributed by atoms with E-state index < -0.39 is 0 Å². The van der Waals surface area contributed by atoms with E-state index >= 15 is 0 Å². The quantitative estimate of drug-likeness (QED) is 0.453. The van der Waals surface area contributed by atoms with Crippen molar-refractivity contribution in [3.8, 4) is 11.4 Å². The fraction of sp³-hybridized carbons (Fsp3) is 0.0476. The van der Waals surface area contributed by atoms with Crippen LogP contribution in [0.1, 0.15) is 9.67 Å². The third-order valence-corrected chi connectivity index (χ3v) is 5.81. The van der Waals surface area contributed by atoms with E-state index in [9.17, 15) is 4.79 Å². The third-order valence-electron chi connectivity index (χ3n) is 4.42. The molecule has 0 aliphatic rings. The molecular formula is C21H17N3O2S2. The molecule has 0 bridgehead atoms. The molecule has 140 valence electrons. The number of anilines is 2. The van der Waals surface area contributed by atoms with E-state index in [1.54, 1.807) is 11.7 Å². The molecule has 0 saturated carbocycles. The van der Waals surface area contributed by atoms with Gasteiger partial charge in [-0.25, -0.2) is 0 Å². The number of amides is 1. The first-order valence-electron chi connectivity index (χ1n) is 8.53. The van der Waals surface area contributed by atoms with Gasteiger partial charge >= 0.3 is 0 Å². The molecule has 0 unspecified atom stereocenters. The van der Waals surface area contributed by atoms with E-state index in [-0.39, 0.29) is 5.91 Å². The molecule has 0 saturated heterocycles. The van der Waals surface area contributed by atoms with Gasteiger partial charge in [-0.3, -0.25) is 9.36 Å². The number of thiazole rings is 1. The molecule has 0 aliphatic heterocycles. The van der Waals surface area contributed by atoms with Gasteiger partial charge in [0.1, 0.15) is 16.4 Å². The number of carbonyl (C=O) groups is 1. The summed E-state index contributed by atoms with van der Waals surface area (Å²) in [6.07, 6.45) is 0. The third kappa shape index (κ3) is 3.26. The maximum Gasteiger partial charge on any atom is 0.269 e. The van der Waals surface area contributed by atoms with E-state index in [1.165, 1.54) is 11.3 Å². The number of nitrogens with zero attached hydrogens (tertiary/aromatic N) is 1. The number of nitrogens with two attached hydrogens (primary N) is 1. The summed E-state index contributed by atoms with van der Waals surface area (Å²) in [6.45, 7) is 0. The number of nitrogen functional groups attached to an aromatic ring is 1. The van der Waals surface area contributed by atoms with Gasteiger partial charge in [0.05, 0.1) is 7.11 Å². The Hall–Kier alpha value is -3.16. The van der Waals surface area contributed by atoms with Crippen LogP contribution in [0.3, 0.4) is 0 Å². The molecule has 1 heterocycles. The van der Waals surface area contributed by atoms with E-state index in [0.29, 0.717) is 14.6 Å². The highest BCUT2D eigenvalue weighted by Gasteiger charge is 2.19. The summed E-state index contributed by atoms with van der Waals surface area (Å²) in [5.74, 6) is 0.771. The molecule has 1 aromatic heterocycles. The molecule has 0 spiro atoms. The number of hydrogen-bond acceptors (Lipinski definition) is 5. The van der Waals surface area contributed by atoms with Crippen molar-refractivity contribution in [1.82, 2.24) is 4.57 Å². The number of nitrogens with one attached hydrogen (secondary N) is 1. The van der Waals surface area contributed by atoms with E-state index in [4.69, 9.17) is 22.7 Å². The van der Waals surface area contributed by atoms with Gasteiger partial charge in [-0.05, 0) is 47.9 Å². The molecule has 4 rings (SSSR count). The molecule has 5 nitrogen and oxygen atoms in total. The zero-order chi connectivity index (χ0) is 19.7. The lowest BCUT2D eigenvalue weighted by molar-refractivity contribution is 0.103. The monoisotopic (exact) mass is 407 g/mol. The topological polar surface area (TPSA) is 69.3 Å². The number of carbonyl (C=O) groups excluding carboxylic acids is 1. The zero-order valence-electron chi connectivity index (χ0n) is 15.0. The molecule has 28 heavy (non-hydrogen) atoms. The van der Waals surface area contributed by atoms with Crippen LogP contribution in [0.25, 0.3) is 16.5 Å². The highest BCUT2D eigenvalue weighted by atomic mass is 32.1. The number of benzene rings is 3. The minimum Gasteiger partial charge on any atom is -0.497 e. The number of hydrogen-bond donors (Lipinski definition) is 2. The van der Waals surface area contributed by atoms with Crippen LogP contribution in [-0.4, -0.2) is 17.6 Å². The van der Waals surface area contributed by atoms with Crippen molar-refractivity contribution in [2.24, 2.45) is 0 Å². The lowest BCUT2D eigenvalue weighted by Gasteiger charge is -2.09. The van der Waals surface area contributed by atoms with Gasteiger partial charge < -0.3 is 15.8 Å². The van der Waals surface area contributed by atoms with Crippen molar-refractivity contribution in [2.45, 2.75) is 0 Å². The molecule has 1 amide bonds. The molecule has 0 fully saturated rings. The number of ether oxygens (including phenoxy) is 1. The normalized spacial score (nSPS) is 10.8. The van der Waals surface area contributed by atoms with Crippen LogP contribution in [0.5, 0.6) is 5.75 Å².